The summed E-state index contributed by atoms with van der Waals surface area (Å²) in [6.07, 6.45) is 4.39. The topological polar surface area (TPSA) is 50.4 Å². The molecule has 0 aromatic carbocycles. The molecule has 0 aliphatic heterocycles. The molecule has 1 saturated carbocycles. The van der Waals surface area contributed by atoms with E-state index < -0.39 is 0 Å². The van der Waals surface area contributed by atoms with Crippen LogP contribution in [0.1, 0.15) is 18.6 Å². The third-order valence-corrected chi connectivity index (χ3v) is 2.10. The van der Waals surface area contributed by atoms with Gasteiger partial charge < -0.3 is 9.52 Å². The third-order valence-electron chi connectivity index (χ3n) is 2.10. The lowest BCUT2D eigenvalue weighted by molar-refractivity contribution is 0.394. The third kappa shape index (κ3) is 1.35. The molecule has 0 amide bonds. The van der Waals surface area contributed by atoms with Crippen molar-refractivity contribution in [3.63, 3.8) is 0 Å². The van der Waals surface area contributed by atoms with Crippen molar-refractivity contribution in [3.05, 3.63) is 28.3 Å². The Morgan fingerprint density at radius 1 is 1.58 bits per heavy atom. The molecule has 1 aromatic heterocycles. The number of hydrogen-bond donors (Lipinski definition) is 1. The lowest BCUT2D eigenvalue weighted by Crippen LogP contribution is -2.01. The second kappa shape index (κ2) is 2.66. The predicted molar refractivity (Wildman–Crippen MR) is 43.1 cm³/mol. The first-order valence-electron chi connectivity index (χ1n) is 4.07. The standard InChI is InChI=1S/C9H10O3/c10-7-3-4-12-8(9(7)11)5-6-1-2-6/h3-4,6,11H,1-2,5H2. The van der Waals surface area contributed by atoms with E-state index in [0.29, 0.717) is 18.1 Å². The molecule has 1 aliphatic rings. The van der Waals surface area contributed by atoms with Crippen molar-refractivity contribution in [1.82, 2.24) is 0 Å². The van der Waals surface area contributed by atoms with Crippen molar-refractivity contribution < 1.29 is 9.52 Å². The molecule has 0 unspecified atom stereocenters. The van der Waals surface area contributed by atoms with Gasteiger partial charge in [0, 0.05) is 12.5 Å². The summed E-state index contributed by atoms with van der Waals surface area (Å²) in [6.45, 7) is 0. The number of aromatic hydroxyl groups is 1. The van der Waals surface area contributed by atoms with Crippen LogP contribution in [0.5, 0.6) is 5.75 Å². The van der Waals surface area contributed by atoms with Crippen molar-refractivity contribution in [2.24, 2.45) is 5.92 Å². The zero-order valence-electron chi connectivity index (χ0n) is 6.62. The SMILES string of the molecule is O=c1ccoc(CC2CC2)c1O. The molecule has 3 heteroatoms. The van der Waals surface area contributed by atoms with Crippen LogP contribution in [0, 0.1) is 5.92 Å². The molecule has 0 spiro atoms. The maximum absolute atomic E-state index is 10.9. The highest BCUT2D eigenvalue weighted by Gasteiger charge is 2.24. The molecule has 1 aliphatic carbocycles. The summed E-state index contributed by atoms with van der Waals surface area (Å²) in [5.41, 5.74) is -0.350. The molecule has 3 nitrogen and oxygen atoms in total. The van der Waals surface area contributed by atoms with Gasteiger partial charge in [-0.1, -0.05) is 0 Å². The average molecular weight is 166 g/mol. The lowest BCUT2D eigenvalue weighted by Gasteiger charge is -1.99. The summed E-state index contributed by atoms with van der Waals surface area (Å²) in [7, 11) is 0. The Morgan fingerprint density at radius 2 is 2.33 bits per heavy atom. The van der Waals surface area contributed by atoms with Crippen molar-refractivity contribution in [3.8, 4) is 5.75 Å². The maximum Gasteiger partial charge on any atom is 0.226 e. The molecule has 1 N–H and O–H groups in total. The molecule has 1 aromatic rings. The van der Waals surface area contributed by atoms with E-state index in [2.05, 4.69) is 0 Å². The van der Waals surface area contributed by atoms with E-state index in [0.717, 1.165) is 0 Å². The number of hydrogen-bond acceptors (Lipinski definition) is 3. The molecule has 2 rings (SSSR count). The molecule has 0 radical (unpaired) electrons. The van der Waals surface area contributed by atoms with Crippen LogP contribution < -0.4 is 5.43 Å². The molecule has 1 heterocycles. The van der Waals surface area contributed by atoms with E-state index in [1.807, 2.05) is 0 Å². The molecular formula is C9H10O3. The van der Waals surface area contributed by atoms with Crippen molar-refractivity contribution in [2.75, 3.05) is 0 Å². The predicted octanol–water partition coefficient (Wildman–Crippen LogP) is 1.30. The average Bonchev–Trinajstić information content (AvgIpc) is 2.83. The van der Waals surface area contributed by atoms with Gasteiger partial charge in [-0.05, 0) is 18.8 Å². The van der Waals surface area contributed by atoms with Crippen LogP contribution in [0.3, 0.4) is 0 Å². The molecule has 0 bridgehead atoms. The molecule has 1 fully saturated rings. The first-order chi connectivity index (χ1) is 5.77. The summed E-state index contributed by atoms with van der Waals surface area (Å²) in [6, 6.07) is 1.23. The summed E-state index contributed by atoms with van der Waals surface area (Å²) >= 11 is 0. The van der Waals surface area contributed by atoms with Gasteiger partial charge in [-0.2, -0.15) is 0 Å². The summed E-state index contributed by atoms with van der Waals surface area (Å²) in [5.74, 6) is 0.829. The maximum atomic E-state index is 10.9. The Morgan fingerprint density at radius 3 is 3.00 bits per heavy atom. The van der Waals surface area contributed by atoms with Crippen LogP contribution in [-0.4, -0.2) is 5.11 Å². The zero-order valence-corrected chi connectivity index (χ0v) is 6.62. The Balaban J connectivity index is 2.29. The van der Waals surface area contributed by atoms with Gasteiger partial charge in [0.05, 0.1) is 6.26 Å². The van der Waals surface area contributed by atoms with Crippen LogP contribution in [-0.2, 0) is 6.42 Å². The van der Waals surface area contributed by atoms with E-state index in [-0.39, 0.29) is 11.2 Å². The molecule has 0 saturated heterocycles. The van der Waals surface area contributed by atoms with Crippen LogP contribution in [0.25, 0.3) is 0 Å². The number of rotatable bonds is 2. The van der Waals surface area contributed by atoms with Gasteiger partial charge in [-0.25, -0.2) is 0 Å². The van der Waals surface area contributed by atoms with Gasteiger partial charge in [-0.3, -0.25) is 4.79 Å². The second-order valence-electron chi connectivity index (χ2n) is 3.20. The minimum atomic E-state index is -0.350. The van der Waals surface area contributed by atoms with Crippen molar-refractivity contribution >= 4 is 0 Å². The van der Waals surface area contributed by atoms with E-state index in [1.54, 1.807) is 0 Å². The van der Waals surface area contributed by atoms with Gasteiger partial charge in [0.2, 0.25) is 11.2 Å². The Hall–Kier alpha value is -1.25. The van der Waals surface area contributed by atoms with Gasteiger partial charge in [0.1, 0.15) is 5.76 Å². The van der Waals surface area contributed by atoms with Crippen LogP contribution >= 0.6 is 0 Å². The summed E-state index contributed by atoms with van der Waals surface area (Å²) in [4.78, 5) is 10.9. The first kappa shape index (κ1) is 7.40. The van der Waals surface area contributed by atoms with Crippen LogP contribution in [0.15, 0.2) is 21.5 Å². The molecule has 0 atom stereocenters. The van der Waals surface area contributed by atoms with E-state index in [1.165, 1.54) is 25.2 Å². The van der Waals surface area contributed by atoms with Crippen molar-refractivity contribution in [1.29, 1.82) is 0 Å². The van der Waals surface area contributed by atoms with E-state index in [4.69, 9.17) is 4.42 Å². The fourth-order valence-corrected chi connectivity index (χ4v) is 1.18. The van der Waals surface area contributed by atoms with Gasteiger partial charge in [-0.15, -0.1) is 0 Å². The minimum absolute atomic E-state index is 0.218. The zero-order chi connectivity index (χ0) is 8.55. The fraction of sp³-hybridized carbons (Fsp3) is 0.444. The van der Waals surface area contributed by atoms with Crippen LogP contribution in [0.4, 0.5) is 0 Å². The van der Waals surface area contributed by atoms with E-state index >= 15 is 0 Å². The Kier molecular flexibility index (Phi) is 1.64. The molecule has 12 heavy (non-hydrogen) atoms. The van der Waals surface area contributed by atoms with Crippen molar-refractivity contribution in [2.45, 2.75) is 19.3 Å². The van der Waals surface area contributed by atoms with Gasteiger partial charge in [0.25, 0.3) is 0 Å². The van der Waals surface area contributed by atoms with Crippen LogP contribution in [0.2, 0.25) is 0 Å². The highest BCUT2D eigenvalue weighted by molar-refractivity contribution is 5.23. The molecular weight excluding hydrogens is 156 g/mol. The smallest absolute Gasteiger partial charge is 0.226 e. The monoisotopic (exact) mass is 166 g/mol. The molecule has 64 valence electrons. The Labute approximate surface area is 69.6 Å². The van der Waals surface area contributed by atoms with Gasteiger partial charge >= 0.3 is 0 Å². The minimum Gasteiger partial charge on any atom is -0.502 e. The summed E-state index contributed by atoms with van der Waals surface area (Å²) in [5, 5.41) is 9.27. The fourth-order valence-electron chi connectivity index (χ4n) is 1.18. The highest BCUT2D eigenvalue weighted by atomic mass is 16.4. The summed E-state index contributed by atoms with van der Waals surface area (Å²) < 4.78 is 5.04. The highest BCUT2D eigenvalue weighted by Crippen LogP contribution is 2.33. The second-order valence-corrected chi connectivity index (χ2v) is 3.20. The first-order valence-corrected chi connectivity index (χ1v) is 4.07. The normalized spacial score (nSPS) is 16.3. The largest absolute Gasteiger partial charge is 0.502 e. The Bertz CT molecular complexity index is 336. The quantitative estimate of drug-likeness (QED) is 0.720. The van der Waals surface area contributed by atoms with E-state index in [9.17, 15) is 9.90 Å². The van der Waals surface area contributed by atoms with Gasteiger partial charge in [0.15, 0.2) is 0 Å². The lowest BCUT2D eigenvalue weighted by atomic mass is 10.2.